The number of urea groups is 1. The molecule has 1 saturated heterocycles. The first-order valence-corrected chi connectivity index (χ1v) is 8.56. The van der Waals surface area contributed by atoms with Gasteiger partial charge in [0.1, 0.15) is 11.3 Å². The van der Waals surface area contributed by atoms with Gasteiger partial charge in [-0.15, -0.1) is 0 Å². The third kappa shape index (κ3) is 3.20. The smallest absolute Gasteiger partial charge is 0.325 e. The quantitative estimate of drug-likeness (QED) is 0.791. The second-order valence-corrected chi connectivity index (χ2v) is 6.28. The first-order chi connectivity index (χ1) is 12.9. The molecular formula is C20H21FN2O4. The molecule has 1 aliphatic rings. The molecule has 2 aromatic rings. The van der Waals surface area contributed by atoms with E-state index < -0.39 is 17.4 Å². The van der Waals surface area contributed by atoms with Crippen molar-refractivity contribution in [2.75, 3.05) is 14.2 Å². The van der Waals surface area contributed by atoms with Crippen LogP contribution in [0, 0.1) is 5.82 Å². The minimum absolute atomic E-state index is 0.0243. The number of nitrogens with zero attached hydrogens (tertiary/aromatic N) is 1. The van der Waals surface area contributed by atoms with Gasteiger partial charge in [-0.2, -0.15) is 0 Å². The zero-order valence-corrected chi connectivity index (χ0v) is 15.4. The maximum Gasteiger partial charge on any atom is 0.325 e. The first-order valence-electron chi connectivity index (χ1n) is 8.56. The molecule has 0 bridgehead atoms. The summed E-state index contributed by atoms with van der Waals surface area (Å²) in [5, 5.41) is 2.81. The predicted octanol–water partition coefficient (Wildman–Crippen LogP) is 3.20. The van der Waals surface area contributed by atoms with E-state index in [0.717, 1.165) is 4.90 Å². The summed E-state index contributed by atoms with van der Waals surface area (Å²) in [6.07, 6.45) is 0.386. The van der Waals surface area contributed by atoms with E-state index in [1.165, 1.54) is 19.2 Å². The average Bonchev–Trinajstić information content (AvgIpc) is 2.93. The van der Waals surface area contributed by atoms with E-state index >= 15 is 0 Å². The third-order valence-electron chi connectivity index (χ3n) is 4.85. The average molecular weight is 372 g/mol. The number of rotatable bonds is 6. The molecule has 3 amide bonds. The highest BCUT2D eigenvalue weighted by Gasteiger charge is 2.51. The molecule has 1 fully saturated rings. The molecular weight excluding hydrogens is 351 g/mol. The van der Waals surface area contributed by atoms with Gasteiger partial charge < -0.3 is 14.8 Å². The summed E-state index contributed by atoms with van der Waals surface area (Å²) < 4.78 is 24.0. The van der Waals surface area contributed by atoms with E-state index in [1.807, 2.05) is 6.92 Å². The van der Waals surface area contributed by atoms with Gasteiger partial charge in [-0.05, 0) is 41.8 Å². The Balaban J connectivity index is 1.89. The Morgan fingerprint density at radius 2 is 1.78 bits per heavy atom. The van der Waals surface area contributed by atoms with Gasteiger partial charge in [0.05, 0.1) is 20.8 Å². The van der Waals surface area contributed by atoms with Crippen LogP contribution >= 0.6 is 0 Å². The lowest BCUT2D eigenvalue weighted by Gasteiger charge is -2.26. The summed E-state index contributed by atoms with van der Waals surface area (Å²) in [7, 11) is 2.93. The lowest BCUT2D eigenvalue weighted by atomic mass is 9.87. The van der Waals surface area contributed by atoms with Crippen molar-refractivity contribution in [1.82, 2.24) is 10.2 Å². The number of carbonyl (C=O) groups is 2. The van der Waals surface area contributed by atoms with Crippen molar-refractivity contribution in [3.05, 3.63) is 59.4 Å². The van der Waals surface area contributed by atoms with Crippen molar-refractivity contribution in [3.63, 3.8) is 0 Å². The molecule has 0 saturated carbocycles. The number of ether oxygens (including phenoxy) is 2. The van der Waals surface area contributed by atoms with Gasteiger partial charge in [-0.3, -0.25) is 9.69 Å². The Morgan fingerprint density at radius 1 is 1.07 bits per heavy atom. The van der Waals surface area contributed by atoms with Crippen LogP contribution in [0.1, 0.15) is 24.5 Å². The summed E-state index contributed by atoms with van der Waals surface area (Å²) in [4.78, 5) is 26.8. The van der Waals surface area contributed by atoms with Crippen molar-refractivity contribution in [2.45, 2.75) is 25.4 Å². The molecule has 142 valence electrons. The SMILES string of the molecule is CCC1(c2ccc(OC)cc2)NC(=O)N(Cc2ccc(OC)c(F)c2)C1=O. The highest BCUT2D eigenvalue weighted by molar-refractivity contribution is 6.07. The predicted molar refractivity (Wildman–Crippen MR) is 97.0 cm³/mol. The van der Waals surface area contributed by atoms with Gasteiger partial charge in [0.25, 0.3) is 5.91 Å². The van der Waals surface area contributed by atoms with E-state index in [9.17, 15) is 14.0 Å². The highest BCUT2D eigenvalue weighted by atomic mass is 19.1. The van der Waals surface area contributed by atoms with E-state index in [1.54, 1.807) is 37.4 Å². The Bertz CT molecular complexity index is 869. The van der Waals surface area contributed by atoms with Gasteiger partial charge in [0.15, 0.2) is 11.6 Å². The summed E-state index contributed by atoms with van der Waals surface area (Å²) in [6.45, 7) is 1.81. The van der Waals surface area contributed by atoms with Crippen LogP contribution in [-0.4, -0.2) is 31.1 Å². The van der Waals surface area contributed by atoms with Crippen molar-refractivity contribution in [2.24, 2.45) is 0 Å². The molecule has 0 aromatic heterocycles. The Labute approximate surface area is 156 Å². The second-order valence-electron chi connectivity index (χ2n) is 6.28. The Morgan fingerprint density at radius 3 is 2.33 bits per heavy atom. The van der Waals surface area contributed by atoms with Gasteiger partial charge >= 0.3 is 6.03 Å². The second kappa shape index (κ2) is 7.26. The lowest BCUT2D eigenvalue weighted by Crippen LogP contribution is -2.43. The Kier molecular flexibility index (Phi) is 5.03. The normalized spacial score (nSPS) is 19.2. The van der Waals surface area contributed by atoms with Crippen molar-refractivity contribution in [1.29, 1.82) is 0 Å². The number of methoxy groups -OCH3 is 2. The molecule has 1 unspecified atom stereocenters. The van der Waals surface area contributed by atoms with Crippen LogP contribution in [0.3, 0.4) is 0 Å². The van der Waals surface area contributed by atoms with Crippen LogP contribution in [0.4, 0.5) is 9.18 Å². The molecule has 1 N–H and O–H groups in total. The zero-order valence-electron chi connectivity index (χ0n) is 15.4. The monoisotopic (exact) mass is 372 g/mol. The fourth-order valence-electron chi connectivity index (χ4n) is 3.28. The molecule has 0 aliphatic carbocycles. The molecule has 6 nitrogen and oxygen atoms in total. The summed E-state index contributed by atoms with van der Waals surface area (Å²) in [5.41, 5.74) is 0.0277. The topological polar surface area (TPSA) is 67.9 Å². The number of hydrogen-bond donors (Lipinski definition) is 1. The van der Waals surface area contributed by atoms with Gasteiger partial charge in [0.2, 0.25) is 0 Å². The van der Waals surface area contributed by atoms with Crippen LogP contribution in [0.25, 0.3) is 0 Å². The van der Waals surface area contributed by atoms with Crippen molar-refractivity contribution in [3.8, 4) is 11.5 Å². The minimum Gasteiger partial charge on any atom is -0.497 e. The van der Waals surface area contributed by atoms with Crippen LogP contribution in [0.5, 0.6) is 11.5 Å². The molecule has 7 heteroatoms. The van der Waals surface area contributed by atoms with E-state index in [-0.39, 0.29) is 18.2 Å². The summed E-state index contributed by atoms with van der Waals surface area (Å²) >= 11 is 0. The number of imide groups is 1. The minimum atomic E-state index is -1.14. The highest BCUT2D eigenvalue weighted by Crippen LogP contribution is 2.34. The van der Waals surface area contributed by atoms with Crippen molar-refractivity contribution < 1.29 is 23.5 Å². The molecule has 2 aromatic carbocycles. The van der Waals surface area contributed by atoms with E-state index in [4.69, 9.17) is 9.47 Å². The maximum atomic E-state index is 13.9. The number of nitrogens with one attached hydrogen (secondary N) is 1. The van der Waals surface area contributed by atoms with E-state index in [2.05, 4.69) is 5.32 Å². The van der Waals surface area contributed by atoms with Gasteiger partial charge in [-0.25, -0.2) is 9.18 Å². The van der Waals surface area contributed by atoms with Crippen LogP contribution in [-0.2, 0) is 16.9 Å². The fourth-order valence-corrected chi connectivity index (χ4v) is 3.28. The fraction of sp³-hybridized carbons (Fsp3) is 0.300. The number of halogens is 1. The van der Waals surface area contributed by atoms with Crippen LogP contribution in [0.2, 0.25) is 0 Å². The van der Waals surface area contributed by atoms with E-state index in [0.29, 0.717) is 23.3 Å². The molecule has 0 radical (unpaired) electrons. The molecule has 3 rings (SSSR count). The van der Waals surface area contributed by atoms with Crippen molar-refractivity contribution >= 4 is 11.9 Å². The van der Waals surface area contributed by atoms with Gasteiger partial charge in [-0.1, -0.05) is 25.1 Å². The number of benzene rings is 2. The van der Waals surface area contributed by atoms with Crippen LogP contribution < -0.4 is 14.8 Å². The Hall–Kier alpha value is -3.09. The molecule has 0 spiro atoms. The third-order valence-corrected chi connectivity index (χ3v) is 4.85. The number of hydrogen-bond acceptors (Lipinski definition) is 4. The zero-order chi connectivity index (χ0) is 19.6. The first kappa shape index (κ1) is 18.7. The number of amides is 3. The lowest BCUT2D eigenvalue weighted by molar-refractivity contribution is -0.132. The molecule has 1 aliphatic heterocycles. The summed E-state index contributed by atoms with van der Waals surface area (Å²) in [5.74, 6) is -0.139. The summed E-state index contributed by atoms with van der Waals surface area (Å²) in [6, 6.07) is 10.9. The maximum absolute atomic E-state index is 13.9. The standard InChI is InChI=1S/C20H21FN2O4/c1-4-20(14-6-8-15(26-2)9-7-14)18(24)23(19(25)22-20)12-13-5-10-17(27-3)16(21)11-13/h5-11H,4,12H2,1-3H3,(H,22,25). The largest absolute Gasteiger partial charge is 0.497 e. The number of carbonyl (C=O) groups excluding carboxylic acids is 2. The molecule has 1 atom stereocenters. The molecule has 27 heavy (non-hydrogen) atoms. The van der Waals surface area contributed by atoms with Gasteiger partial charge in [0, 0.05) is 0 Å². The molecule has 1 heterocycles. The van der Waals surface area contributed by atoms with Crippen LogP contribution in [0.15, 0.2) is 42.5 Å².